The van der Waals surface area contributed by atoms with E-state index in [1.165, 1.54) is 0 Å². The smallest absolute Gasteiger partial charge is 0.209 e. The molecule has 0 aliphatic rings. The van der Waals surface area contributed by atoms with Crippen molar-refractivity contribution in [1.29, 1.82) is 0 Å². The van der Waals surface area contributed by atoms with Gasteiger partial charge in [0.2, 0.25) is 10.0 Å². The van der Waals surface area contributed by atoms with E-state index in [-0.39, 0.29) is 6.54 Å². The summed E-state index contributed by atoms with van der Waals surface area (Å²) in [6.07, 6.45) is 1.12. The summed E-state index contributed by atoms with van der Waals surface area (Å²) in [5.41, 5.74) is 4.01. The van der Waals surface area contributed by atoms with E-state index in [0.717, 1.165) is 11.8 Å². The van der Waals surface area contributed by atoms with E-state index in [9.17, 15) is 8.42 Å². The number of benzene rings is 1. The molecule has 1 rings (SSSR count). The van der Waals surface area contributed by atoms with Crippen molar-refractivity contribution in [1.82, 2.24) is 4.72 Å². The molecule has 0 aliphatic heterocycles. The molecular weight excluding hydrogens is 202 g/mol. The van der Waals surface area contributed by atoms with Gasteiger partial charge in [0.05, 0.1) is 11.9 Å². The van der Waals surface area contributed by atoms with Crippen LogP contribution >= 0.6 is 0 Å². The van der Waals surface area contributed by atoms with Gasteiger partial charge in [0.1, 0.15) is 0 Å². The predicted octanol–water partition coefficient (Wildman–Crippen LogP) is 0.0214. The summed E-state index contributed by atoms with van der Waals surface area (Å²) in [6, 6.07) is 7.21. The van der Waals surface area contributed by atoms with Crippen LogP contribution in [0.1, 0.15) is 5.56 Å². The Bertz CT molecular complexity index is 403. The normalized spacial score (nSPS) is 11.3. The zero-order valence-corrected chi connectivity index (χ0v) is 8.64. The summed E-state index contributed by atoms with van der Waals surface area (Å²) in [7, 11) is -3.17. The Hall–Kier alpha value is -1.11. The highest BCUT2D eigenvalue weighted by Gasteiger charge is 2.03. The maximum atomic E-state index is 10.8. The number of sulfonamides is 1. The van der Waals surface area contributed by atoms with Gasteiger partial charge in [-0.25, -0.2) is 13.1 Å². The minimum atomic E-state index is -3.17. The molecule has 1 aromatic carbocycles. The molecule has 4 N–H and O–H groups in total. The second kappa shape index (κ2) is 4.41. The first kappa shape index (κ1) is 11.0. The number of nitrogen functional groups attached to an aromatic ring is 1. The molecule has 0 aliphatic carbocycles. The quantitative estimate of drug-likeness (QED) is 0.488. The molecule has 0 fully saturated rings. The van der Waals surface area contributed by atoms with Crippen LogP contribution in [0.5, 0.6) is 0 Å². The van der Waals surface area contributed by atoms with Crippen LogP contribution in [-0.2, 0) is 16.6 Å². The number of hydrogen-bond donors (Lipinski definition) is 3. The lowest BCUT2D eigenvalue weighted by molar-refractivity contribution is 0.587. The SMILES string of the molecule is CS(=O)(=O)NCc1ccccc1NN. The lowest BCUT2D eigenvalue weighted by Gasteiger charge is -2.08. The third kappa shape index (κ3) is 3.33. The minimum Gasteiger partial charge on any atom is -0.324 e. The molecule has 78 valence electrons. The number of hydrazine groups is 1. The number of nitrogens with two attached hydrogens (primary N) is 1. The molecule has 1 aromatic rings. The molecule has 0 saturated heterocycles. The standard InChI is InChI=1S/C8H13N3O2S/c1-14(12,13)10-6-7-4-2-3-5-8(7)11-9/h2-5,10-11H,6,9H2,1H3. The van der Waals surface area contributed by atoms with E-state index in [1.807, 2.05) is 12.1 Å². The van der Waals surface area contributed by atoms with E-state index < -0.39 is 10.0 Å². The zero-order valence-electron chi connectivity index (χ0n) is 7.82. The number of nitrogens with one attached hydrogen (secondary N) is 2. The Morgan fingerprint density at radius 3 is 2.57 bits per heavy atom. The van der Waals surface area contributed by atoms with Gasteiger partial charge in [-0.2, -0.15) is 0 Å². The molecule has 0 atom stereocenters. The first-order valence-corrected chi connectivity index (χ1v) is 5.91. The molecular formula is C8H13N3O2S. The Balaban J connectivity index is 2.76. The van der Waals surface area contributed by atoms with Crippen LogP contribution in [-0.4, -0.2) is 14.7 Å². The average molecular weight is 215 g/mol. The van der Waals surface area contributed by atoms with Crippen LogP contribution < -0.4 is 16.0 Å². The van der Waals surface area contributed by atoms with Gasteiger partial charge in [0, 0.05) is 6.54 Å². The second-order valence-corrected chi connectivity index (χ2v) is 4.73. The van der Waals surface area contributed by atoms with Crippen LogP contribution in [0.15, 0.2) is 24.3 Å². The van der Waals surface area contributed by atoms with Crippen LogP contribution in [0.4, 0.5) is 5.69 Å². The molecule has 5 nitrogen and oxygen atoms in total. The van der Waals surface area contributed by atoms with Gasteiger partial charge in [0.25, 0.3) is 0 Å². The summed E-state index contributed by atoms with van der Waals surface area (Å²) in [6.45, 7) is 0.235. The molecule has 0 spiro atoms. The summed E-state index contributed by atoms with van der Waals surface area (Å²) in [5.74, 6) is 5.26. The molecule has 6 heteroatoms. The van der Waals surface area contributed by atoms with Crippen molar-refractivity contribution in [2.75, 3.05) is 11.7 Å². The van der Waals surface area contributed by atoms with Gasteiger partial charge in [-0.15, -0.1) is 0 Å². The van der Waals surface area contributed by atoms with Crippen molar-refractivity contribution in [3.05, 3.63) is 29.8 Å². The van der Waals surface area contributed by atoms with Gasteiger partial charge < -0.3 is 5.43 Å². The van der Waals surface area contributed by atoms with Crippen LogP contribution in [0.3, 0.4) is 0 Å². The van der Waals surface area contributed by atoms with Crippen molar-refractivity contribution >= 4 is 15.7 Å². The highest BCUT2D eigenvalue weighted by Crippen LogP contribution is 2.12. The molecule has 0 amide bonds. The van der Waals surface area contributed by atoms with E-state index in [2.05, 4.69) is 10.1 Å². The average Bonchev–Trinajstić information content (AvgIpc) is 2.14. The fraction of sp³-hybridized carbons (Fsp3) is 0.250. The molecule has 0 heterocycles. The summed E-state index contributed by atoms with van der Waals surface area (Å²) in [5, 5.41) is 0. The van der Waals surface area contributed by atoms with Crippen molar-refractivity contribution in [3.63, 3.8) is 0 Å². The Morgan fingerprint density at radius 2 is 2.00 bits per heavy atom. The first-order valence-electron chi connectivity index (χ1n) is 4.02. The van der Waals surface area contributed by atoms with E-state index >= 15 is 0 Å². The largest absolute Gasteiger partial charge is 0.324 e. The Morgan fingerprint density at radius 1 is 1.36 bits per heavy atom. The lowest BCUT2D eigenvalue weighted by Crippen LogP contribution is -2.22. The van der Waals surface area contributed by atoms with Crippen molar-refractivity contribution in [2.45, 2.75) is 6.54 Å². The van der Waals surface area contributed by atoms with Crippen LogP contribution in [0.25, 0.3) is 0 Å². The van der Waals surface area contributed by atoms with E-state index in [1.54, 1.807) is 12.1 Å². The third-order valence-corrected chi connectivity index (χ3v) is 2.37. The zero-order chi connectivity index (χ0) is 10.6. The predicted molar refractivity (Wildman–Crippen MR) is 55.9 cm³/mol. The molecule has 0 aromatic heterocycles. The van der Waals surface area contributed by atoms with Gasteiger partial charge in [0.15, 0.2) is 0 Å². The maximum Gasteiger partial charge on any atom is 0.209 e. The molecule has 0 saturated carbocycles. The van der Waals surface area contributed by atoms with Crippen LogP contribution in [0.2, 0.25) is 0 Å². The van der Waals surface area contributed by atoms with Crippen LogP contribution in [0, 0.1) is 0 Å². The molecule has 0 radical (unpaired) electrons. The minimum absolute atomic E-state index is 0.235. The van der Waals surface area contributed by atoms with Gasteiger partial charge in [-0.3, -0.25) is 5.84 Å². The number of hydrogen-bond acceptors (Lipinski definition) is 4. The fourth-order valence-electron chi connectivity index (χ4n) is 1.02. The van der Waals surface area contributed by atoms with E-state index in [0.29, 0.717) is 5.69 Å². The highest BCUT2D eigenvalue weighted by molar-refractivity contribution is 7.88. The summed E-state index contributed by atoms with van der Waals surface area (Å²) >= 11 is 0. The number of anilines is 1. The summed E-state index contributed by atoms with van der Waals surface area (Å²) in [4.78, 5) is 0. The highest BCUT2D eigenvalue weighted by atomic mass is 32.2. The number of para-hydroxylation sites is 1. The fourth-order valence-corrected chi connectivity index (χ4v) is 1.44. The Kier molecular flexibility index (Phi) is 3.45. The van der Waals surface area contributed by atoms with Gasteiger partial charge >= 0.3 is 0 Å². The monoisotopic (exact) mass is 215 g/mol. The molecule has 0 bridgehead atoms. The van der Waals surface area contributed by atoms with E-state index in [4.69, 9.17) is 5.84 Å². The van der Waals surface area contributed by atoms with Crippen molar-refractivity contribution in [3.8, 4) is 0 Å². The van der Waals surface area contributed by atoms with Gasteiger partial charge in [-0.1, -0.05) is 18.2 Å². The van der Waals surface area contributed by atoms with Gasteiger partial charge in [-0.05, 0) is 11.6 Å². The first-order chi connectivity index (χ1) is 6.53. The summed E-state index contributed by atoms with van der Waals surface area (Å²) < 4.78 is 24.1. The topological polar surface area (TPSA) is 84.2 Å². The number of rotatable bonds is 4. The molecule has 0 unspecified atom stereocenters. The van der Waals surface area contributed by atoms with Crippen molar-refractivity contribution < 1.29 is 8.42 Å². The lowest BCUT2D eigenvalue weighted by atomic mass is 10.2. The van der Waals surface area contributed by atoms with Crippen molar-refractivity contribution in [2.24, 2.45) is 5.84 Å². The Labute approximate surface area is 83.3 Å². The maximum absolute atomic E-state index is 10.8. The molecule has 14 heavy (non-hydrogen) atoms. The second-order valence-electron chi connectivity index (χ2n) is 2.89. The third-order valence-electron chi connectivity index (χ3n) is 1.70.